The number of nitrogens with zero attached hydrogens (tertiary/aromatic N) is 1. The maximum Gasteiger partial charge on any atom is 0.311 e. The third-order valence-electron chi connectivity index (χ3n) is 4.67. The van der Waals surface area contributed by atoms with E-state index in [1.165, 1.54) is 12.1 Å². The molecule has 3 rings (SSSR count). The summed E-state index contributed by atoms with van der Waals surface area (Å²) >= 11 is 5.95. The Kier molecular flexibility index (Phi) is 5.13. The third kappa shape index (κ3) is 3.51. The molecule has 7 heteroatoms. The predicted octanol–water partition coefficient (Wildman–Crippen LogP) is 4.46. The summed E-state index contributed by atoms with van der Waals surface area (Å²) < 4.78 is 5.26. The van der Waals surface area contributed by atoms with Crippen molar-refractivity contribution in [1.29, 1.82) is 0 Å². The minimum absolute atomic E-state index is 0.158. The molecular formula is C19H19ClN2O4. The number of hydrogen-bond donors (Lipinski definition) is 1. The average Bonchev–Trinajstić information content (AvgIpc) is 2.59. The van der Waals surface area contributed by atoms with Crippen LogP contribution in [-0.2, 0) is 5.54 Å². The second kappa shape index (κ2) is 7.33. The van der Waals surface area contributed by atoms with Gasteiger partial charge in [0, 0.05) is 16.7 Å². The number of nitro benzene ring substituents is 1. The van der Waals surface area contributed by atoms with Crippen molar-refractivity contribution in [3.63, 3.8) is 0 Å². The first-order chi connectivity index (χ1) is 12.4. The number of amides is 1. The van der Waals surface area contributed by atoms with Crippen LogP contribution in [-0.4, -0.2) is 17.4 Å². The van der Waals surface area contributed by atoms with E-state index in [1.54, 1.807) is 25.1 Å². The summed E-state index contributed by atoms with van der Waals surface area (Å²) in [5.74, 6) is -0.184. The van der Waals surface area contributed by atoms with Gasteiger partial charge in [-0.3, -0.25) is 14.9 Å². The zero-order valence-electron chi connectivity index (χ0n) is 14.3. The fourth-order valence-electron chi connectivity index (χ4n) is 3.15. The van der Waals surface area contributed by atoms with Gasteiger partial charge in [0.25, 0.3) is 5.91 Å². The normalized spacial score (nSPS) is 15.0. The molecule has 0 saturated heterocycles. The number of rotatable bonds is 6. The van der Waals surface area contributed by atoms with Gasteiger partial charge in [-0.1, -0.05) is 23.7 Å². The van der Waals surface area contributed by atoms with Crippen LogP contribution in [0.2, 0.25) is 5.02 Å². The van der Waals surface area contributed by atoms with Gasteiger partial charge >= 0.3 is 5.69 Å². The number of nitro groups is 1. The summed E-state index contributed by atoms with van der Waals surface area (Å²) in [7, 11) is 0. The van der Waals surface area contributed by atoms with Crippen molar-refractivity contribution in [2.45, 2.75) is 31.7 Å². The maximum absolute atomic E-state index is 12.7. The Hall–Kier alpha value is -2.60. The van der Waals surface area contributed by atoms with Gasteiger partial charge in [-0.15, -0.1) is 0 Å². The minimum Gasteiger partial charge on any atom is -0.487 e. The monoisotopic (exact) mass is 374 g/mol. The van der Waals surface area contributed by atoms with Gasteiger partial charge in [0.1, 0.15) is 0 Å². The lowest BCUT2D eigenvalue weighted by molar-refractivity contribution is -0.385. The maximum atomic E-state index is 12.7. The third-order valence-corrected chi connectivity index (χ3v) is 4.93. The molecule has 0 spiro atoms. The van der Waals surface area contributed by atoms with Gasteiger partial charge in [0.15, 0.2) is 5.75 Å². The molecule has 0 unspecified atom stereocenters. The van der Waals surface area contributed by atoms with E-state index in [2.05, 4.69) is 5.32 Å². The van der Waals surface area contributed by atoms with Crippen molar-refractivity contribution >= 4 is 23.2 Å². The van der Waals surface area contributed by atoms with Gasteiger partial charge in [-0.2, -0.15) is 0 Å². The molecule has 6 nitrogen and oxygen atoms in total. The lowest BCUT2D eigenvalue weighted by Crippen LogP contribution is -2.50. The molecule has 0 aliphatic heterocycles. The number of halogens is 1. The molecule has 1 fully saturated rings. The Balaban J connectivity index is 1.86. The highest BCUT2D eigenvalue weighted by atomic mass is 35.5. The summed E-state index contributed by atoms with van der Waals surface area (Å²) in [6.07, 6.45) is 2.64. The lowest BCUT2D eigenvalue weighted by Gasteiger charge is -2.43. The summed E-state index contributed by atoms with van der Waals surface area (Å²) in [6, 6.07) is 11.7. The van der Waals surface area contributed by atoms with E-state index < -0.39 is 10.5 Å². The summed E-state index contributed by atoms with van der Waals surface area (Å²) in [6.45, 7) is 2.06. The van der Waals surface area contributed by atoms with E-state index in [0.717, 1.165) is 24.8 Å². The van der Waals surface area contributed by atoms with Crippen molar-refractivity contribution in [3.8, 4) is 5.75 Å². The molecule has 136 valence electrons. The Labute approximate surface area is 156 Å². The van der Waals surface area contributed by atoms with Crippen LogP contribution in [0.3, 0.4) is 0 Å². The van der Waals surface area contributed by atoms with E-state index >= 15 is 0 Å². The van der Waals surface area contributed by atoms with Crippen LogP contribution >= 0.6 is 11.6 Å². The summed E-state index contributed by atoms with van der Waals surface area (Å²) in [5, 5.41) is 14.9. The van der Waals surface area contributed by atoms with Crippen molar-refractivity contribution in [3.05, 3.63) is 68.7 Å². The van der Waals surface area contributed by atoms with Crippen LogP contribution in [0, 0.1) is 10.1 Å². The highest BCUT2D eigenvalue weighted by Crippen LogP contribution is 2.42. The SMILES string of the molecule is CCOc1ccc(C(=O)NC2(c3ccc(Cl)cc3)CCC2)cc1[N+](=O)[O-]. The van der Waals surface area contributed by atoms with E-state index in [0.29, 0.717) is 11.6 Å². The molecule has 2 aromatic carbocycles. The fraction of sp³-hybridized carbons (Fsp3) is 0.316. The standard InChI is InChI=1S/C19H19ClN2O4/c1-2-26-17-9-4-13(12-16(17)22(24)25)18(23)21-19(10-3-11-19)14-5-7-15(20)8-6-14/h4-9,12H,2-3,10-11H2,1H3,(H,21,23). The van der Waals surface area contributed by atoms with Gasteiger partial charge in [-0.05, 0) is 56.0 Å². The van der Waals surface area contributed by atoms with Gasteiger partial charge in [0.05, 0.1) is 17.1 Å². The fourth-order valence-corrected chi connectivity index (χ4v) is 3.28. The number of nitrogens with one attached hydrogen (secondary N) is 1. The molecule has 2 aromatic rings. The number of benzene rings is 2. The molecule has 1 aliphatic rings. The van der Waals surface area contributed by atoms with E-state index in [9.17, 15) is 14.9 Å². The molecule has 0 heterocycles. The second-order valence-corrected chi connectivity index (χ2v) is 6.71. The Morgan fingerprint density at radius 1 is 1.27 bits per heavy atom. The quantitative estimate of drug-likeness (QED) is 0.598. The van der Waals surface area contributed by atoms with E-state index in [1.807, 2.05) is 12.1 Å². The smallest absolute Gasteiger partial charge is 0.311 e. The molecule has 26 heavy (non-hydrogen) atoms. The van der Waals surface area contributed by atoms with Crippen LogP contribution in [0.1, 0.15) is 42.1 Å². The topological polar surface area (TPSA) is 81.5 Å². The molecule has 1 aliphatic carbocycles. The average molecular weight is 375 g/mol. The van der Waals surface area contributed by atoms with Crippen LogP contribution in [0.5, 0.6) is 5.75 Å². The van der Waals surface area contributed by atoms with Gasteiger partial charge < -0.3 is 10.1 Å². The first-order valence-electron chi connectivity index (χ1n) is 8.45. The van der Waals surface area contributed by atoms with Crippen LogP contribution in [0.4, 0.5) is 5.69 Å². The van der Waals surface area contributed by atoms with Gasteiger partial charge in [0.2, 0.25) is 0 Å². The first-order valence-corrected chi connectivity index (χ1v) is 8.83. The molecule has 0 aromatic heterocycles. The minimum atomic E-state index is -0.542. The first kappa shape index (κ1) is 18.2. The van der Waals surface area contributed by atoms with Crippen molar-refractivity contribution in [1.82, 2.24) is 5.32 Å². The Morgan fingerprint density at radius 3 is 2.50 bits per heavy atom. The number of carbonyl (C=O) groups excluding carboxylic acids is 1. The van der Waals surface area contributed by atoms with Crippen molar-refractivity contribution in [2.75, 3.05) is 6.61 Å². The zero-order chi connectivity index (χ0) is 18.7. The highest BCUT2D eigenvalue weighted by molar-refractivity contribution is 6.30. The zero-order valence-corrected chi connectivity index (χ0v) is 15.1. The Morgan fingerprint density at radius 2 is 1.96 bits per heavy atom. The molecule has 0 atom stereocenters. The van der Waals surface area contributed by atoms with Crippen LogP contribution < -0.4 is 10.1 Å². The van der Waals surface area contributed by atoms with Crippen LogP contribution in [0.25, 0.3) is 0 Å². The molecule has 0 bridgehead atoms. The molecule has 1 amide bonds. The summed E-state index contributed by atoms with van der Waals surface area (Å²) in [5.41, 5.74) is 0.561. The van der Waals surface area contributed by atoms with Crippen molar-refractivity contribution in [2.24, 2.45) is 0 Å². The number of carbonyl (C=O) groups is 1. The van der Waals surface area contributed by atoms with E-state index in [4.69, 9.17) is 16.3 Å². The van der Waals surface area contributed by atoms with Crippen LogP contribution in [0.15, 0.2) is 42.5 Å². The molecule has 0 radical (unpaired) electrons. The molecule has 1 N–H and O–H groups in total. The van der Waals surface area contributed by atoms with Crippen molar-refractivity contribution < 1.29 is 14.5 Å². The van der Waals surface area contributed by atoms with Gasteiger partial charge in [-0.25, -0.2) is 0 Å². The highest BCUT2D eigenvalue weighted by Gasteiger charge is 2.40. The lowest BCUT2D eigenvalue weighted by atomic mass is 9.71. The second-order valence-electron chi connectivity index (χ2n) is 6.27. The largest absolute Gasteiger partial charge is 0.487 e. The number of ether oxygens (including phenoxy) is 1. The number of hydrogen-bond acceptors (Lipinski definition) is 4. The Bertz CT molecular complexity index is 832. The van der Waals surface area contributed by atoms with E-state index in [-0.39, 0.29) is 22.9 Å². The predicted molar refractivity (Wildman–Crippen MR) is 98.7 cm³/mol. The summed E-state index contributed by atoms with van der Waals surface area (Å²) in [4.78, 5) is 23.5. The molecular weight excluding hydrogens is 356 g/mol. The molecule has 1 saturated carbocycles.